The minimum atomic E-state index is 0. The first kappa shape index (κ1) is 32.6. The van der Waals surface area contributed by atoms with Gasteiger partial charge in [0.25, 0.3) is 0 Å². The summed E-state index contributed by atoms with van der Waals surface area (Å²) >= 11 is 3.35. The number of aryl methyl sites for hydroxylation is 10. The van der Waals surface area contributed by atoms with Gasteiger partial charge in [0, 0.05) is 38.8 Å². The van der Waals surface area contributed by atoms with E-state index in [1.165, 1.54) is 4.88 Å². The Morgan fingerprint density at radius 3 is 1.11 bits per heavy atom. The Balaban J connectivity index is 0.000000422. The largest absolute Gasteiger partial charge is 0.426 e. The molecule has 198 valence electrons. The van der Waals surface area contributed by atoms with E-state index in [0.717, 1.165) is 15.0 Å². The van der Waals surface area contributed by atoms with Crippen LogP contribution in [-0.4, -0.2) is 45.7 Å². The lowest BCUT2D eigenvalue weighted by Gasteiger charge is -1.70. The Morgan fingerprint density at radius 1 is 0.556 bits per heavy atom. The van der Waals surface area contributed by atoms with Gasteiger partial charge in [0.05, 0.1) is 5.01 Å². The number of rotatable bonds is 0. The van der Waals surface area contributed by atoms with E-state index in [0.29, 0.717) is 35.2 Å². The first-order valence-corrected chi connectivity index (χ1v) is 12.0. The predicted molar refractivity (Wildman–Crippen MR) is 139 cm³/mol. The summed E-state index contributed by atoms with van der Waals surface area (Å²) in [4.78, 5) is 13.0. The molecule has 0 aliphatic rings. The van der Waals surface area contributed by atoms with Crippen molar-refractivity contribution in [1.29, 1.82) is 0 Å². The Labute approximate surface area is 219 Å². The molecule has 0 bridgehead atoms. The van der Waals surface area contributed by atoms with E-state index < -0.39 is 0 Å². The van der Waals surface area contributed by atoms with E-state index in [1.54, 1.807) is 64.2 Å². The maximum absolute atomic E-state index is 4.86. The highest BCUT2D eigenvalue weighted by Crippen LogP contribution is 2.07. The van der Waals surface area contributed by atoms with Crippen LogP contribution in [0.1, 0.15) is 62.5 Å². The van der Waals surface area contributed by atoms with E-state index in [2.05, 4.69) is 61.6 Å². The molecular formula is C22H35N9O3S2. The molecule has 5 aromatic rings. The zero-order valence-corrected chi connectivity index (χ0v) is 23.3. The molecule has 0 fully saturated rings. The fraction of sp³-hybridized carbons (Fsp3) is 0.500. The summed E-state index contributed by atoms with van der Waals surface area (Å²) in [5.74, 6) is 3.88. The second-order valence-corrected chi connectivity index (χ2v) is 9.72. The Kier molecular flexibility index (Phi) is 15.5. The zero-order chi connectivity index (χ0) is 26.4. The van der Waals surface area contributed by atoms with Crippen molar-refractivity contribution in [1.82, 2.24) is 45.7 Å². The lowest BCUT2D eigenvalue weighted by Crippen LogP contribution is -1.70. The standard InChI is InChI=1S/C5H7NS.3C4H6N2O.C4H6N2S.CH4/c1-4-3-6-5(2)7-4;1-3-5-6-4(2)7-3;2*1-3-5-4(2)7-6-3;1-3-5-6-4(2)7-3;/h3H,1-2H3;4*1-2H3;1H4. The van der Waals surface area contributed by atoms with E-state index >= 15 is 0 Å². The van der Waals surface area contributed by atoms with Crippen LogP contribution in [0.4, 0.5) is 0 Å². The Bertz CT molecular complexity index is 936. The summed E-state index contributed by atoms with van der Waals surface area (Å²) in [5, 5.41) is 25.1. The third kappa shape index (κ3) is 15.5. The van der Waals surface area contributed by atoms with Gasteiger partial charge in [0.1, 0.15) is 10.0 Å². The second-order valence-electron chi connectivity index (χ2n) is 6.89. The third-order valence-corrected chi connectivity index (χ3v) is 4.83. The first-order chi connectivity index (χ1) is 16.4. The fourth-order valence-corrected chi connectivity index (χ4v) is 3.33. The summed E-state index contributed by atoms with van der Waals surface area (Å²) in [6.07, 6.45) is 1.89. The van der Waals surface area contributed by atoms with Crippen molar-refractivity contribution in [2.45, 2.75) is 76.7 Å². The summed E-state index contributed by atoms with van der Waals surface area (Å²) in [7, 11) is 0. The molecule has 0 unspecified atom stereocenters. The molecular weight excluding hydrogens is 502 g/mol. The van der Waals surface area contributed by atoms with Crippen LogP contribution in [0.15, 0.2) is 19.7 Å². The minimum Gasteiger partial charge on any atom is -0.426 e. The van der Waals surface area contributed by atoms with Gasteiger partial charge in [-0.3, -0.25) is 0 Å². The Morgan fingerprint density at radius 2 is 1.00 bits per heavy atom. The van der Waals surface area contributed by atoms with Gasteiger partial charge < -0.3 is 13.5 Å². The number of hydrogen-bond donors (Lipinski definition) is 0. The molecule has 0 N–H and O–H groups in total. The van der Waals surface area contributed by atoms with Crippen LogP contribution >= 0.6 is 22.7 Å². The molecule has 0 spiro atoms. The lowest BCUT2D eigenvalue weighted by atomic mass is 10.6. The van der Waals surface area contributed by atoms with Crippen LogP contribution in [0, 0.1) is 69.2 Å². The van der Waals surface area contributed by atoms with E-state index in [4.69, 9.17) is 4.42 Å². The molecule has 0 aliphatic heterocycles. The number of hydrogen-bond acceptors (Lipinski definition) is 14. The van der Waals surface area contributed by atoms with Crippen LogP contribution in [0.5, 0.6) is 0 Å². The van der Waals surface area contributed by atoms with Gasteiger partial charge in [0.15, 0.2) is 11.6 Å². The molecule has 36 heavy (non-hydrogen) atoms. The molecule has 0 saturated heterocycles. The van der Waals surface area contributed by atoms with Crippen molar-refractivity contribution in [3.63, 3.8) is 0 Å². The predicted octanol–water partition coefficient (Wildman–Crippen LogP) is 5.61. The van der Waals surface area contributed by atoms with Gasteiger partial charge in [-0.1, -0.05) is 17.7 Å². The lowest BCUT2D eigenvalue weighted by molar-refractivity contribution is 0.389. The highest BCUT2D eigenvalue weighted by molar-refractivity contribution is 7.11. The topological polar surface area (TPSA) is 155 Å². The van der Waals surface area contributed by atoms with Gasteiger partial charge in [-0.2, -0.15) is 9.97 Å². The summed E-state index contributed by atoms with van der Waals surface area (Å²) in [6, 6.07) is 0. The molecule has 5 heterocycles. The van der Waals surface area contributed by atoms with Crippen LogP contribution in [-0.2, 0) is 0 Å². The zero-order valence-electron chi connectivity index (χ0n) is 21.6. The smallest absolute Gasteiger partial charge is 0.223 e. The molecule has 5 aromatic heterocycles. The number of thiazole rings is 1. The average molecular weight is 538 g/mol. The van der Waals surface area contributed by atoms with E-state index in [-0.39, 0.29) is 7.43 Å². The van der Waals surface area contributed by atoms with Crippen molar-refractivity contribution < 1.29 is 13.5 Å². The van der Waals surface area contributed by atoms with E-state index in [1.807, 2.05) is 27.0 Å². The van der Waals surface area contributed by atoms with Gasteiger partial charge in [0.2, 0.25) is 23.6 Å². The minimum absolute atomic E-state index is 0. The molecule has 0 saturated carbocycles. The highest BCUT2D eigenvalue weighted by atomic mass is 32.1. The van der Waals surface area contributed by atoms with Gasteiger partial charge in [-0.15, -0.1) is 43.1 Å². The second kappa shape index (κ2) is 17.1. The molecule has 0 radical (unpaired) electrons. The molecule has 0 aromatic carbocycles. The molecule has 12 nitrogen and oxygen atoms in total. The van der Waals surface area contributed by atoms with Crippen molar-refractivity contribution in [2.24, 2.45) is 0 Å². The average Bonchev–Trinajstić information content (AvgIpc) is 3.59. The maximum atomic E-state index is 4.86. The SMILES string of the molecule is C.Cc1cnc(C)s1.Cc1nnc(C)o1.Cc1nnc(C)s1.Cc1noc(C)n1.Cc1noc(C)n1. The van der Waals surface area contributed by atoms with Crippen LogP contribution < -0.4 is 0 Å². The quantitative estimate of drug-likeness (QED) is 0.241. The third-order valence-electron chi connectivity index (χ3n) is 3.25. The van der Waals surface area contributed by atoms with Crippen LogP contribution in [0.2, 0.25) is 0 Å². The van der Waals surface area contributed by atoms with Crippen molar-refractivity contribution in [3.8, 4) is 0 Å². The molecule has 14 heteroatoms. The normalized spacial score (nSPS) is 9.17. The summed E-state index contributed by atoms with van der Waals surface area (Å²) < 4.78 is 14.1. The highest BCUT2D eigenvalue weighted by Gasteiger charge is 1.91. The molecule has 0 amide bonds. The summed E-state index contributed by atoms with van der Waals surface area (Å²) in [5.41, 5.74) is 0. The molecule has 5 rings (SSSR count). The molecule has 0 aliphatic carbocycles. The maximum Gasteiger partial charge on any atom is 0.223 e. The van der Waals surface area contributed by atoms with E-state index in [9.17, 15) is 0 Å². The van der Waals surface area contributed by atoms with Crippen LogP contribution in [0.25, 0.3) is 0 Å². The van der Waals surface area contributed by atoms with Crippen LogP contribution in [0.3, 0.4) is 0 Å². The Hall–Kier alpha value is -3.39. The number of nitrogens with zero attached hydrogens (tertiary/aromatic N) is 9. The van der Waals surface area contributed by atoms with Gasteiger partial charge >= 0.3 is 0 Å². The first-order valence-electron chi connectivity index (χ1n) is 10.4. The fourth-order valence-electron chi connectivity index (χ4n) is 2.06. The number of aromatic nitrogens is 9. The monoisotopic (exact) mass is 537 g/mol. The summed E-state index contributed by atoms with van der Waals surface area (Å²) in [6.45, 7) is 18.6. The van der Waals surface area contributed by atoms with Gasteiger partial charge in [-0.05, 0) is 41.5 Å². The van der Waals surface area contributed by atoms with Crippen molar-refractivity contribution >= 4 is 22.7 Å². The van der Waals surface area contributed by atoms with Crippen molar-refractivity contribution in [2.75, 3.05) is 0 Å². The molecule has 0 atom stereocenters. The van der Waals surface area contributed by atoms with Gasteiger partial charge in [-0.25, -0.2) is 4.98 Å². The van der Waals surface area contributed by atoms with Crippen molar-refractivity contribution in [3.05, 3.63) is 61.3 Å².